The summed E-state index contributed by atoms with van der Waals surface area (Å²) in [7, 11) is 1.44. The summed E-state index contributed by atoms with van der Waals surface area (Å²) in [5, 5.41) is 5.22. The lowest BCUT2D eigenvalue weighted by Gasteiger charge is -2.09. The molecule has 36 heavy (non-hydrogen) atoms. The van der Waals surface area contributed by atoms with E-state index in [-0.39, 0.29) is 11.6 Å². The molecule has 0 saturated heterocycles. The van der Waals surface area contributed by atoms with Crippen molar-refractivity contribution in [1.82, 2.24) is 24.1 Å². The predicted molar refractivity (Wildman–Crippen MR) is 139 cm³/mol. The maximum Gasteiger partial charge on any atom is 0.223 e. The third-order valence-corrected chi connectivity index (χ3v) is 6.94. The zero-order chi connectivity index (χ0) is 24.9. The molecule has 0 atom stereocenters. The predicted octanol–water partition coefficient (Wildman–Crippen LogP) is 5.91. The number of rotatable bonds is 10. The van der Waals surface area contributed by atoms with E-state index in [4.69, 9.17) is 14.7 Å². The molecular formula is C25H22F2N6OS2. The van der Waals surface area contributed by atoms with E-state index in [1.165, 1.54) is 48.6 Å². The van der Waals surface area contributed by atoms with Crippen LogP contribution in [-0.4, -0.2) is 39.6 Å². The zero-order valence-corrected chi connectivity index (χ0v) is 20.9. The number of anilines is 1. The van der Waals surface area contributed by atoms with Gasteiger partial charge >= 0.3 is 0 Å². The summed E-state index contributed by atoms with van der Waals surface area (Å²) in [4.78, 5) is 15.6. The molecule has 0 aliphatic heterocycles. The van der Waals surface area contributed by atoms with Crippen LogP contribution in [0.15, 0.2) is 71.2 Å². The Kier molecular flexibility index (Phi) is 7.40. The molecule has 0 spiro atoms. The van der Waals surface area contributed by atoms with Gasteiger partial charge in [0.2, 0.25) is 5.95 Å². The molecule has 2 aromatic carbocycles. The Morgan fingerprint density at radius 3 is 2.75 bits per heavy atom. The molecule has 0 saturated carbocycles. The van der Waals surface area contributed by atoms with Gasteiger partial charge in [0.25, 0.3) is 0 Å². The molecule has 3 heterocycles. The molecule has 5 aromatic rings. The third-order valence-electron chi connectivity index (χ3n) is 5.33. The van der Waals surface area contributed by atoms with Crippen LogP contribution in [0.4, 0.5) is 14.7 Å². The van der Waals surface area contributed by atoms with Crippen LogP contribution in [0.5, 0.6) is 5.75 Å². The Balaban J connectivity index is 1.28. The first-order valence-corrected chi connectivity index (χ1v) is 12.8. The van der Waals surface area contributed by atoms with Gasteiger partial charge in [0.05, 0.1) is 18.5 Å². The van der Waals surface area contributed by atoms with Gasteiger partial charge in [-0.15, -0.1) is 11.3 Å². The van der Waals surface area contributed by atoms with Gasteiger partial charge in [-0.25, -0.2) is 23.7 Å². The summed E-state index contributed by atoms with van der Waals surface area (Å²) in [6.45, 7) is 1.42. The second kappa shape index (κ2) is 11.0. The zero-order valence-electron chi connectivity index (χ0n) is 19.2. The fourth-order valence-electron chi connectivity index (χ4n) is 3.61. The Hall–Kier alpha value is -3.54. The molecule has 11 heteroatoms. The lowest BCUT2D eigenvalue weighted by atomic mass is 10.1. The van der Waals surface area contributed by atoms with Gasteiger partial charge in [-0.1, -0.05) is 0 Å². The summed E-state index contributed by atoms with van der Waals surface area (Å²) in [6.07, 6.45) is 4.48. The van der Waals surface area contributed by atoms with E-state index in [9.17, 15) is 8.78 Å². The van der Waals surface area contributed by atoms with Gasteiger partial charge in [0.1, 0.15) is 11.5 Å². The van der Waals surface area contributed by atoms with Gasteiger partial charge in [-0.3, -0.25) is 9.12 Å². The summed E-state index contributed by atoms with van der Waals surface area (Å²) in [6, 6.07) is 12.9. The topological polar surface area (TPSA) is 76.4 Å². The number of fused-ring (bicyclic) bond motifs is 1. The lowest BCUT2D eigenvalue weighted by Crippen LogP contribution is -2.12. The van der Waals surface area contributed by atoms with Crippen molar-refractivity contribution >= 4 is 34.2 Å². The average molecular weight is 525 g/mol. The molecule has 3 aromatic heterocycles. The van der Waals surface area contributed by atoms with Crippen molar-refractivity contribution < 1.29 is 13.5 Å². The number of hydrogen-bond donors (Lipinski definition) is 2. The maximum atomic E-state index is 14.0. The molecule has 0 unspecified atom stereocenters. The van der Waals surface area contributed by atoms with Gasteiger partial charge in [0.15, 0.2) is 16.5 Å². The highest BCUT2D eigenvalue weighted by molar-refractivity contribution is 7.97. The second-order valence-electron chi connectivity index (χ2n) is 7.71. The van der Waals surface area contributed by atoms with E-state index in [1.807, 2.05) is 22.0 Å². The molecule has 0 amide bonds. The molecular weight excluding hydrogens is 502 g/mol. The molecule has 0 radical (unpaired) electrons. The quantitative estimate of drug-likeness (QED) is 0.174. The van der Waals surface area contributed by atoms with Gasteiger partial charge in [-0.05, 0) is 66.9 Å². The number of thiazole rings is 1. The number of methoxy groups -OCH3 is 1. The minimum Gasteiger partial charge on any atom is -0.494 e. The second-order valence-corrected chi connectivity index (χ2v) is 9.55. The highest BCUT2D eigenvalue weighted by Gasteiger charge is 2.19. The van der Waals surface area contributed by atoms with E-state index in [0.29, 0.717) is 23.9 Å². The molecule has 0 aliphatic rings. The maximum absolute atomic E-state index is 14.0. The van der Waals surface area contributed by atoms with Crippen LogP contribution in [0.2, 0.25) is 0 Å². The smallest absolute Gasteiger partial charge is 0.223 e. The largest absolute Gasteiger partial charge is 0.494 e. The SMILES string of the molecule is COc1cc(-c2nc3sccn3c2-c2ccnc(NCCCNSc3ccc(F)cc3)n2)ccc1F. The highest BCUT2D eigenvalue weighted by atomic mass is 32.2. The van der Waals surface area contributed by atoms with E-state index >= 15 is 0 Å². The van der Waals surface area contributed by atoms with Crippen LogP contribution in [0.25, 0.3) is 27.6 Å². The van der Waals surface area contributed by atoms with Crippen molar-refractivity contribution in [3.05, 3.63) is 77.9 Å². The molecule has 7 nitrogen and oxygen atoms in total. The summed E-state index contributed by atoms with van der Waals surface area (Å²) < 4.78 is 37.4. The molecule has 0 fully saturated rings. The van der Waals surface area contributed by atoms with Crippen molar-refractivity contribution in [2.45, 2.75) is 11.3 Å². The number of halogens is 2. The number of nitrogens with one attached hydrogen (secondary N) is 2. The van der Waals surface area contributed by atoms with Crippen LogP contribution >= 0.6 is 23.3 Å². The Morgan fingerprint density at radius 2 is 1.92 bits per heavy atom. The fourth-order valence-corrected chi connectivity index (χ4v) is 5.01. The number of benzene rings is 2. The number of nitrogens with zero attached hydrogens (tertiary/aromatic N) is 4. The molecule has 2 N–H and O–H groups in total. The van der Waals surface area contributed by atoms with Crippen LogP contribution in [0.3, 0.4) is 0 Å². The molecule has 5 rings (SSSR count). The minimum atomic E-state index is -0.428. The van der Waals surface area contributed by atoms with Crippen LogP contribution in [-0.2, 0) is 0 Å². The highest BCUT2D eigenvalue weighted by Crippen LogP contribution is 2.35. The van der Waals surface area contributed by atoms with Crippen LogP contribution < -0.4 is 14.8 Å². The molecule has 184 valence electrons. The Morgan fingerprint density at radius 1 is 1.06 bits per heavy atom. The first-order valence-electron chi connectivity index (χ1n) is 11.1. The fraction of sp³-hybridized carbons (Fsp3) is 0.160. The number of ether oxygens (including phenoxy) is 1. The van der Waals surface area contributed by atoms with E-state index in [1.54, 1.807) is 30.5 Å². The Bertz CT molecular complexity index is 1470. The van der Waals surface area contributed by atoms with E-state index in [2.05, 4.69) is 15.0 Å². The first-order chi connectivity index (χ1) is 17.6. The van der Waals surface area contributed by atoms with Crippen molar-refractivity contribution in [2.75, 3.05) is 25.5 Å². The van der Waals surface area contributed by atoms with Gasteiger partial charge in [-0.2, -0.15) is 0 Å². The number of imidazole rings is 1. The van der Waals surface area contributed by atoms with Gasteiger partial charge < -0.3 is 10.1 Å². The van der Waals surface area contributed by atoms with Crippen molar-refractivity contribution in [3.8, 4) is 28.4 Å². The monoisotopic (exact) mass is 524 g/mol. The van der Waals surface area contributed by atoms with E-state index in [0.717, 1.165) is 34.1 Å². The van der Waals surface area contributed by atoms with Crippen molar-refractivity contribution in [3.63, 3.8) is 0 Å². The first kappa shape index (κ1) is 24.2. The third kappa shape index (κ3) is 5.32. The summed E-state index contributed by atoms with van der Waals surface area (Å²) in [5.74, 6) is -0.00796. The normalized spacial score (nSPS) is 11.2. The number of aromatic nitrogens is 4. The summed E-state index contributed by atoms with van der Waals surface area (Å²) in [5.41, 5.74) is 2.91. The minimum absolute atomic E-state index is 0.158. The standard InChI is InChI=1S/C25H22F2N6OS2/c1-34-21-15-16(3-8-19(21)27)22-23(33-13-14-35-25(33)32-22)20-9-12-29-24(31-20)28-10-2-11-30-36-18-6-4-17(26)5-7-18/h3-9,12-15,30H,2,10-11H2,1H3,(H,28,29,31). The van der Waals surface area contributed by atoms with Gasteiger partial charge in [0, 0.05) is 41.3 Å². The average Bonchev–Trinajstić information content (AvgIpc) is 3.49. The van der Waals surface area contributed by atoms with Crippen LogP contribution in [0.1, 0.15) is 6.42 Å². The summed E-state index contributed by atoms with van der Waals surface area (Å²) >= 11 is 2.97. The number of hydrogen-bond acceptors (Lipinski definition) is 8. The molecule has 0 bridgehead atoms. The van der Waals surface area contributed by atoms with Crippen molar-refractivity contribution in [2.24, 2.45) is 0 Å². The van der Waals surface area contributed by atoms with Crippen LogP contribution in [0, 0.1) is 11.6 Å². The van der Waals surface area contributed by atoms with Crippen molar-refractivity contribution in [1.29, 1.82) is 0 Å². The Labute approximate surface area is 214 Å². The van der Waals surface area contributed by atoms with E-state index < -0.39 is 5.82 Å². The molecule has 0 aliphatic carbocycles. The lowest BCUT2D eigenvalue weighted by molar-refractivity contribution is 0.387.